The Morgan fingerprint density at radius 2 is 1.47 bits per heavy atom. The molecule has 0 saturated carbocycles. The molecule has 0 aliphatic heterocycles. The van der Waals surface area contributed by atoms with Crippen LogP contribution in [-0.2, 0) is 0 Å². The van der Waals surface area contributed by atoms with Gasteiger partial charge in [0.1, 0.15) is 11.2 Å². The highest BCUT2D eigenvalue weighted by Crippen LogP contribution is 2.28. The Morgan fingerprint density at radius 3 is 2.21 bits per heavy atom. The molecule has 4 nitrogen and oxygen atoms in total. The van der Waals surface area contributed by atoms with Crippen molar-refractivity contribution in [2.75, 3.05) is 0 Å². The maximum Gasteiger partial charge on any atom is 0.225 e. The Hall–Kier alpha value is -1.49. The zero-order valence-corrected chi connectivity index (χ0v) is 11.6. The molecule has 3 rings (SSSR count). The average molecular weight is 312 g/mol. The molecule has 0 amide bonds. The van der Waals surface area contributed by atoms with Gasteiger partial charge in [-0.2, -0.15) is 4.98 Å². The number of fused-ring (bicyclic) bond motifs is 1. The van der Waals surface area contributed by atoms with Gasteiger partial charge in [-0.3, -0.25) is 0 Å². The van der Waals surface area contributed by atoms with Crippen molar-refractivity contribution in [1.82, 2.24) is 19.9 Å². The average Bonchev–Trinajstić information content (AvgIpc) is 2.38. The molecule has 0 N–H and O–H groups in total. The number of hydrogen-bond acceptors (Lipinski definition) is 4. The van der Waals surface area contributed by atoms with Gasteiger partial charge < -0.3 is 0 Å². The van der Waals surface area contributed by atoms with Gasteiger partial charge in [0.2, 0.25) is 5.28 Å². The molecule has 0 saturated heterocycles. The van der Waals surface area contributed by atoms with Gasteiger partial charge in [0.05, 0.1) is 0 Å². The van der Waals surface area contributed by atoms with Gasteiger partial charge in [0.25, 0.3) is 0 Å². The van der Waals surface area contributed by atoms with E-state index in [-0.39, 0.29) is 21.2 Å². The second-order valence-electron chi connectivity index (χ2n) is 3.68. The summed E-state index contributed by atoms with van der Waals surface area (Å²) in [5, 5.41) is 0.399. The first-order valence-corrected chi connectivity index (χ1v) is 6.40. The second kappa shape index (κ2) is 4.89. The summed E-state index contributed by atoms with van der Waals surface area (Å²) < 4.78 is 0. The number of hydrogen-bond donors (Lipinski definition) is 0. The summed E-state index contributed by atoms with van der Waals surface area (Å²) >= 11 is 17.8. The third-order valence-corrected chi connectivity index (χ3v) is 3.16. The first-order valence-electron chi connectivity index (χ1n) is 5.27. The first kappa shape index (κ1) is 12.5. The summed E-state index contributed by atoms with van der Waals surface area (Å²) in [6.07, 6.45) is 0. The zero-order chi connectivity index (χ0) is 13.4. The summed E-state index contributed by atoms with van der Waals surface area (Å²) in [6, 6.07) is 9.44. The van der Waals surface area contributed by atoms with Crippen molar-refractivity contribution in [1.29, 1.82) is 0 Å². The Kier molecular flexibility index (Phi) is 3.22. The van der Waals surface area contributed by atoms with Crippen molar-refractivity contribution >= 4 is 46.0 Å². The van der Waals surface area contributed by atoms with Crippen molar-refractivity contribution < 1.29 is 0 Å². The lowest BCUT2D eigenvalue weighted by Gasteiger charge is -2.05. The minimum Gasteiger partial charge on any atom is -0.238 e. The summed E-state index contributed by atoms with van der Waals surface area (Å²) in [5.74, 6) is 0. The topological polar surface area (TPSA) is 51.6 Å². The molecule has 7 heteroatoms. The van der Waals surface area contributed by atoms with Crippen LogP contribution in [0.25, 0.3) is 22.4 Å². The Bertz CT molecular complexity index is 762. The fourth-order valence-electron chi connectivity index (χ4n) is 1.65. The summed E-state index contributed by atoms with van der Waals surface area (Å²) in [5.41, 5.74) is 2.01. The molecule has 0 bridgehead atoms. The van der Waals surface area contributed by atoms with E-state index in [9.17, 15) is 0 Å². The highest BCUT2D eigenvalue weighted by molar-refractivity contribution is 6.36. The maximum atomic E-state index is 6.12. The lowest BCUT2D eigenvalue weighted by atomic mass is 10.2. The van der Waals surface area contributed by atoms with Crippen LogP contribution in [0.1, 0.15) is 0 Å². The van der Waals surface area contributed by atoms with Gasteiger partial charge in [-0.05, 0) is 11.6 Å². The molecule has 0 aliphatic rings. The van der Waals surface area contributed by atoms with Crippen LogP contribution in [-0.4, -0.2) is 19.9 Å². The van der Waals surface area contributed by atoms with Crippen LogP contribution < -0.4 is 0 Å². The van der Waals surface area contributed by atoms with Gasteiger partial charge in [-0.25, -0.2) is 15.0 Å². The van der Waals surface area contributed by atoms with Crippen LogP contribution >= 0.6 is 34.8 Å². The lowest BCUT2D eigenvalue weighted by Crippen LogP contribution is -1.96. The largest absolute Gasteiger partial charge is 0.238 e. The van der Waals surface area contributed by atoms with E-state index in [4.69, 9.17) is 34.8 Å². The molecule has 0 spiro atoms. The van der Waals surface area contributed by atoms with Crippen molar-refractivity contribution in [3.63, 3.8) is 0 Å². The molecule has 0 radical (unpaired) electrons. The van der Waals surface area contributed by atoms with Crippen LogP contribution in [0.2, 0.25) is 15.6 Å². The highest BCUT2D eigenvalue weighted by Gasteiger charge is 2.13. The number of aromatic nitrogens is 4. The molecule has 0 atom stereocenters. The molecule has 3 aromatic rings. The molecule has 2 heterocycles. The molecule has 1 aromatic carbocycles. The maximum absolute atomic E-state index is 6.12. The minimum atomic E-state index is 0.00956. The summed E-state index contributed by atoms with van der Waals surface area (Å²) in [7, 11) is 0. The van der Waals surface area contributed by atoms with E-state index < -0.39 is 0 Å². The number of rotatable bonds is 1. The molecule has 2 aromatic heterocycles. The predicted molar refractivity (Wildman–Crippen MR) is 75.6 cm³/mol. The molecular formula is C12H5Cl3N4. The third kappa shape index (κ3) is 2.34. The quantitative estimate of drug-likeness (QED) is 0.502. The summed E-state index contributed by atoms with van der Waals surface area (Å²) in [4.78, 5) is 16.3. The fourth-order valence-corrected chi connectivity index (χ4v) is 2.30. The second-order valence-corrected chi connectivity index (χ2v) is 4.74. The van der Waals surface area contributed by atoms with Gasteiger partial charge in [-0.1, -0.05) is 53.5 Å². The van der Waals surface area contributed by atoms with Crippen molar-refractivity contribution in [2.24, 2.45) is 0 Å². The van der Waals surface area contributed by atoms with E-state index >= 15 is 0 Å². The van der Waals surface area contributed by atoms with Gasteiger partial charge in [0.15, 0.2) is 16.0 Å². The summed E-state index contributed by atoms with van der Waals surface area (Å²) in [6.45, 7) is 0. The van der Waals surface area contributed by atoms with Crippen LogP contribution in [0.15, 0.2) is 30.3 Å². The number of benzene rings is 1. The van der Waals surface area contributed by atoms with Gasteiger partial charge in [0, 0.05) is 5.56 Å². The van der Waals surface area contributed by atoms with E-state index in [0.29, 0.717) is 11.2 Å². The third-order valence-electron chi connectivity index (χ3n) is 2.47. The van der Waals surface area contributed by atoms with E-state index in [2.05, 4.69) is 19.9 Å². The molecular weight excluding hydrogens is 307 g/mol. The van der Waals surface area contributed by atoms with Crippen molar-refractivity contribution in [2.45, 2.75) is 0 Å². The van der Waals surface area contributed by atoms with Gasteiger partial charge in [-0.15, -0.1) is 0 Å². The molecule has 19 heavy (non-hydrogen) atoms. The van der Waals surface area contributed by atoms with Crippen LogP contribution in [0.4, 0.5) is 0 Å². The van der Waals surface area contributed by atoms with Crippen LogP contribution in [0.5, 0.6) is 0 Å². The first-order chi connectivity index (χ1) is 9.15. The Balaban J connectivity index is 2.31. The van der Waals surface area contributed by atoms with Gasteiger partial charge >= 0.3 is 0 Å². The zero-order valence-electron chi connectivity index (χ0n) is 9.31. The van der Waals surface area contributed by atoms with E-state index in [1.165, 1.54) is 0 Å². The predicted octanol–water partition coefficient (Wildman–Crippen LogP) is 4.05. The number of nitrogens with zero attached hydrogens (tertiary/aromatic N) is 4. The molecule has 0 unspecified atom stereocenters. The highest BCUT2D eigenvalue weighted by atomic mass is 35.5. The monoisotopic (exact) mass is 310 g/mol. The normalized spacial score (nSPS) is 10.9. The van der Waals surface area contributed by atoms with E-state index in [1.54, 1.807) is 0 Å². The number of halogens is 3. The molecule has 0 fully saturated rings. The fraction of sp³-hybridized carbons (Fsp3) is 0. The lowest BCUT2D eigenvalue weighted by molar-refractivity contribution is 1.15. The van der Waals surface area contributed by atoms with Crippen molar-refractivity contribution in [3.05, 3.63) is 45.9 Å². The van der Waals surface area contributed by atoms with Crippen LogP contribution in [0.3, 0.4) is 0 Å². The minimum absolute atomic E-state index is 0.00956. The standard InChI is InChI=1S/C12H5Cl3N4/c13-9-7(6-4-2-1-3-5-6)16-8-10(14)18-12(15)19-11(8)17-9/h1-5H. The van der Waals surface area contributed by atoms with Crippen molar-refractivity contribution in [3.8, 4) is 11.3 Å². The Morgan fingerprint density at radius 1 is 0.737 bits per heavy atom. The van der Waals surface area contributed by atoms with E-state index in [0.717, 1.165) is 5.56 Å². The molecule has 0 aliphatic carbocycles. The van der Waals surface area contributed by atoms with Crippen LogP contribution in [0, 0.1) is 0 Å². The Labute approximate surface area is 123 Å². The SMILES string of the molecule is Clc1nc(Cl)c2nc(-c3ccccc3)c(Cl)nc2n1. The smallest absolute Gasteiger partial charge is 0.225 e. The van der Waals surface area contributed by atoms with E-state index in [1.807, 2.05) is 30.3 Å². The molecule has 94 valence electrons.